The van der Waals surface area contributed by atoms with Crippen LogP contribution in [0.15, 0.2) is 24.3 Å². The van der Waals surface area contributed by atoms with Crippen molar-refractivity contribution in [2.24, 2.45) is 0 Å². The molecule has 4 nitrogen and oxygen atoms in total. The van der Waals surface area contributed by atoms with Gasteiger partial charge in [-0.3, -0.25) is 4.90 Å². The fraction of sp³-hybridized carbons (Fsp3) is 0.667. The largest absolute Gasteiger partial charge is 0.487 e. The molecular formula is C18H27N3O. The van der Waals surface area contributed by atoms with Crippen molar-refractivity contribution in [1.82, 2.24) is 15.5 Å². The van der Waals surface area contributed by atoms with Gasteiger partial charge in [0.1, 0.15) is 11.4 Å². The van der Waals surface area contributed by atoms with Gasteiger partial charge in [0.2, 0.25) is 0 Å². The van der Waals surface area contributed by atoms with Crippen molar-refractivity contribution < 1.29 is 4.74 Å². The summed E-state index contributed by atoms with van der Waals surface area (Å²) in [7, 11) is 0. The van der Waals surface area contributed by atoms with Crippen LogP contribution in [0.3, 0.4) is 0 Å². The highest BCUT2D eigenvalue weighted by Crippen LogP contribution is 2.48. The molecule has 2 N–H and O–H groups in total. The molecule has 0 amide bonds. The standard InChI is InChI=1S/C18H27N3O/c1-2-5-17-15(4-1)16(14-18(22-17)6-3-7-18)20-10-13-21-11-8-19-9-12-21/h1-2,4-5,16,19-20H,3,6-14H2. The molecule has 1 atom stereocenters. The van der Waals surface area contributed by atoms with Crippen molar-refractivity contribution in [2.45, 2.75) is 37.3 Å². The molecule has 2 heterocycles. The number of nitrogens with one attached hydrogen (secondary N) is 2. The van der Waals surface area contributed by atoms with Gasteiger partial charge < -0.3 is 15.4 Å². The molecule has 0 bridgehead atoms. The number of piperazine rings is 1. The number of nitrogens with zero attached hydrogens (tertiary/aromatic N) is 1. The third kappa shape index (κ3) is 2.87. The van der Waals surface area contributed by atoms with Gasteiger partial charge >= 0.3 is 0 Å². The predicted octanol–water partition coefficient (Wildman–Crippen LogP) is 1.93. The monoisotopic (exact) mass is 301 g/mol. The van der Waals surface area contributed by atoms with Gasteiger partial charge in [-0.1, -0.05) is 18.2 Å². The molecule has 120 valence electrons. The lowest BCUT2D eigenvalue weighted by Crippen LogP contribution is -2.50. The highest BCUT2D eigenvalue weighted by atomic mass is 16.5. The average molecular weight is 301 g/mol. The van der Waals surface area contributed by atoms with E-state index in [1.807, 2.05) is 0 Å². The van der Waals surface area contributed by atoms with Crippen LogP contribution in [-0.4, -0.2) is 49.8 Å². The van der Waals surface area contributed by atoms with Crippen molar-refractivity contribution in [3.05, 3.63) is 29.8 Å². The van der Waals surface area contributed by atoms with Crippen LogP contribution in [0.1, 0.15) is 37.3 Å². The molecule has 1 aromatic rings. The summed E-state index contributed by atoms with van der Waals surface area (Å²) in [4.78, 5) is 2.55. The number of benzene rings is 1. The Morgan fingerprint density at radius 1 is 1.23 bits per heavy atom. The summed E-state index contributed by atoms with van der Waals surface area (Å²) in [5.74, 6) is 1.10. The van der Waals surface area contributed by atoms with Crippen molar-refractivity contribution >= 4 is 0 Å². The molecule has 2 aliphatic heterocycles. The Labute approximate surface area is 133 Å². The number of fused-ring (bicyclic) bond motifs is 1. The summed E-state index contributed by atoms with van der Waals surface area (Å²) in [5.41, 5.74) is 1.47. The van der Waals surface area contributed by atoms with E-state index in [2.05, 4.69) is 39.8 Å². The van der Waals surface area contributed by atoms with Crippen LogP contribution < -0.4 is 15.4 Å². The van der Waals surface area contributed by atoms with E-state index in [0.717, 1.165) is 38.3 Å². The van der Waals surface area contributed by atoms with E-state index in [-0.39, 0.29) is 5.60 Å². The van der Waals surface area contributed by atoms with Crippen LogP contribution >= 0.6 is 0 Å². The molecule has 1 unspecified atom stereocenters. The van der Waals surface area contributed by atoms with Crippen molar-refractivity contribution in [3.8, 4) is 5.75 Å². The van der Waals surface area contributed by atoms with Gasteiger partial charge in [0.05, 0.1) is 0 Å². The maximum absolute atomic E-state index is 6.32. The van der Waals surface area contributed by atoms with E-state index >= 15 is 0 Å². The number of para-hydroxylation sites is 1. The molecule has 4 heteroatoms. The zero-order valence-corrected chi connectivity index (χ0v) is 13.3. The van der Waals surface area contributed by atoms with Gasteiger partial charge in [-0.15, -0.1) is 0 Å². The normalized spacial score (nSPS) is 27.0. The molecule has 1 saturated carbocycles. The highest BCUT2D eigenvalue weighted by molar-refractivity contribution is 5.39. The third-order valence-electron chi connectivity index (χ3n) is 5.49. The van der Waals surface area contributed by atoms with E-state index in [1.165, 1.54) is 37.9 Å². The van der Waals surface area contributed by atoms with E-state index in [4.69, 9.17) is 4.74 Å². The number of ether oxygens (including phenoxy) is 1. The van der Waals surface area contributed by atoms with E-state index in [0.29, 0.717) is 6.04 Å². The van der Waals surface area contributed by atoms with E-state index < -0.39 is 0 Å². The molecule has 0 radical (unpaired) electrons. The number of hydrogen-bond donors (Lipinski definition) is 2. The van der Waals surface area contributed by atoms with Crippen LogP contribution in [0.4, 0.5) is 0 Å². The van der Waals surface area contributed by atoms with Gasteiger partial charge in [-0.2, -0.15) is 0 Å². The molecular weight excluding hydrogens is 274 g/mol. The maximum atomic E-state index is 6.32. The lowest BCUT2D eigenvalue weighted by molar-refractivity contribution is -0.0370. The average Bonchev–Trinajstić information content (AvgIpc) is 2.54. The van der Waals surface area contributed by atoms with Crippen molar-refractivity contribution in [3.63, 3.8) is 0 Å². The van der Waals surface area contributed by atoms with Crippen molar-refractivity contribution in [1.29, 1.82) is 0 Å². The summed E-state index contributed by atoms with van der Waals surface area (Å²) in [6.07, 6.45) is 4.88. The lowest BCUT2D eigenvalue weighted by atomic mass is 9.73. The van der Waals surface area contributed by atoms with Crippen LogP contribution in [0.25, 0.3) is 0 Å². The molecule has 3 aliphatic rings. The third-order valence-corrected chi connectivity index (χ3v) is 5.49. The summed E-state index contributed by atoms with van der Waals surface area (Å²) < 4.78 is 6.32. The Balaban J connectivity index is 1.39. The molecule has 1 saturated heterocycles. The fourth-order valence-corrected chi connectivity index (χ4v) is 4.01. The first-order chi connectivity index (χ1) is 10.8. The van der Waals surface area contributed by atoms with Gasteiger partial charge in [-0.25, -0.2) is 0 Å². The molecule has 22 heavy (non-hydrogen) atoms. The zero-order chi connectivity index (χ0) is 14.8. The Hall–Kier alpha value is -1.10. The van der Waals surface area contributed by atoms with E-state index in [1.54, 1.807) is 0 Å². The maximum Gasteiger partial charge on any atom is 0.124 e. The smallest absolute Gasteiger partial charge is 0.124 e. The SMILES string of the molecule is c1ccc2c(c1)OC1(CCC1)CC2NCCN1CCNCC1. The quantitative estimate of drug-likeness (QED) is 0.891. The number of rotatable bonds is 4. The molecule has 1 aliphatic carbocycles. The minimum Gasteiger partial charge on any atom is -0.487 e. The first-order valence-corrected chi connectivity index (χ1v) is 8.79. The Morgan fingerprint density at radius 3 is 2.82 bits per heavy atom. The van der Waals surface area contributed by atoms with Gasteiger partial charge in [-0.05, 0) is 25.3 Å². The molecule has 1 aromatic carbocycles. The number of hydrogen-bond acceptors (Lipinski definition) is 4. The Kier molecular flexibility index (Phi) is 4.07. The molecule has 4 rings (SSSR count). The zero-order valence-electron chi connectivity index (χ0n) is 13.3. The van der Waals surface area contributed by atoms with Crippen LogP contribution in [0.2, 0.25) is 0 Å². The topological polar surface area (TPSA) is 36.5 Å². The van der Waals surface area contributed by atoms with Crippen molar-refractivity contribution in [2.75, 3.05) is 39.3 Å². The van der Waals surface area contributed by atoms with Crippen LogP contribution in [0.5, 0.6) is 5.75 Å². The van der Waals surface area contributed by atoms with Gasteiger partial charge in [0.25, 0.3) is 0 Å². The molecule has 1 spiro atoms. The summed E-state index contributed by atoms with van der Waals surface area (Å²) in [6.45, 7) is 6.82. The van der Waals surface area contributed by atoms with E-state index in [9.17, 15) is 0 Å². The molecule has 0 aromatic heterocycles. The second-order valence-electron chi connectivity index (χ2n) is 6.98. The molecule has 2 fully saturated rings. The summed E-state index contributed by atoms with van der Waals surface area (Å²) in [5, 5.41) is 7.22. The summed E-state index contributed by atoms with van der Waals surface area (Å²) >= 11 is 0. The van der Waals surface area contributed by atoms with Gasteiger partial charge in [0.15, 0.2) is 0 Å². The minimum atomic E-state index is 0.126. The second-order valence-corrected chi connectivity index (χ2v) is 6.98. The lowest BCUT2D eigenvalue weighted by Gasteiger charge is -2.48. The highest BCUT2D eigenvalue weighted by Gasteiger charge is 2.45. The first-order valence-electron chi connectivity index (χ1n) is 8.79. The Bertz CT molecular complexity index is 509. The second kappa shape index (κ2) is 6.19. The minimum absolute atomic E-state index is 0.126. The summed E-state index contributed by atoms with van der Waals surface area (Å²) in [6, 6.07) is 9.04. The predicted molar refractivity (Wildman–Crippen MR) is 88.3 cm³/mol. The fourth-order valence-electron chi connectivity index (χ4n) is 4.01. The van der Waals surface area contributed by atoms with Crippen LogP contribution in [0, 0.1) is 0 Å². The first kappa shape index (κ1) is 14.5. The van der Waals surface area contributed by atoms with Gasteiger partial charge in [0, 0.05) is 57.3 Å². The van der Waals surface area contributed by atoms with Crippen LogP contribution in [-0.2, 0) is 0 Å². The Morgan fingerprint density at radius 2 is 2.05 bits per heavy atom.